The lowest BCUT2D eigenvalue weighted by Gasteiger charge is -2.38. The van der Waals surface area contributed by atoms with Crippen LogP contribution in [0.4, 0.5) is 4.79 Å². The summed E-state index contributed by atoms with van der Waals surface area (Å²) in [6, 6.07) is 7.39. The zero-order valence-corrected chi connectivity index (χ0v) is 13.4. The predicted octanol–water partition coefficient (Wildman–Crippen LogP) is 2.44. The van der Waals surface area contributed by atoms with Gasteiger partial charge in [0.25, 0.3) is 0 Å². The van der Waals surface area contributed by atoms with Gasteiger partial charge < -0.3 is 20.5 Å². The molecule has 1 saturated carbocycles. The Morgan fingerprint density at radius 1 is 1.41 bits per heavy atom. The molecule has 2 rings (SSSR count). The van der Waals surface area contributed by atoms with Gasteiger partial charge in [0.15, 0.2) is 0 Å². The second kappa shape index (κ2) is 7.49. The molecule has 2 atom stereocenters. The molecule has 122 valence electrons. The second-order valence-corrected chi connectivity index (χ2v) is 6.30. The Hall–Kier alpha value is -1.75. The molecule has 3 N–H and O–H groups in total. The maximum absolute atomic E-state index is 11.9. The van der Waals surface area contributed by atoms with Crippen molar-refractivity contribution in [2.45, 2.75) is 45.3 Å². The summed E-state index contributed by atoms with van der Waals surface area (Å²) in [5.74, 6) is 0.776. The largest absolute Gasteiger partial charge is 0.497 e. The van der Waals surface area contributed by atoms with Crippen molar-refractivity contribution < 1.29 is 14.6 Å². The Labute approximate surface area is 132 Å². The zero-order valence-electron chi connectivity index (χ0n) is 13.4. The van der Waals surface area contributed by atoms with E-state index in [-0.39, 0.29) is 17.6 Å². The van der Waals surface area contributed by atoms with Crippen LogP contribution in [0.3, 0.4) is 0 Å². The number of urea groups is 1. The molecule has 0 radical (unpaired) electrons. The Morgan fingerprint density at radius 3 is 2.95 bits per heavy atom. The third-order valence-corrected chi connectivity index (χ3v) is 4.52. The molecule has 2 unspecified atom stereocenters. The number of amides is 2. The van der Waals surface area contributed by atoms with Crippen LogP contribution < -0.4 is 15.4 Å². The lowest BCUT2D eigenvalue weighted by Crippen LogP contribution is -2.47. The van der Waals surface area contributed by atoms with E-state index >= 15 is 0 Å². The zero-order chi connectivity index (χ0) is 16.0. The van der Waals surface area contributed by atoms with Gasteiger partial charge in [0, 0.05) is 18.5 Å². The highest BCUT2D eigenvalue weighted by molar-refractivity contribution is 5.73. The fourth-order valence-electron chi connectivity index (χ4n) is 2.90. The first-order valence-electron chi connectivity index (χ1n) is 7.86. The smallest absolute Gasteiger partial charge is 0.315 e. The quantitative estimate of drug-likeness (QED) is 0.782. The molecular formula is C17H26N2O3. The van der Waals surface area contributed by atoms with Gasteiger partial charge in [0.2, 0.25) is 0 Å². The number of nitrogens with one attached hydrogen (secondary N) is 2. The summed E-state index contributed by atoms with van der Waals surface area (Å²) in [5, 5.41) is 15.8. The summed E-state index contributed by atoms with van der Waals surface area (Å²) in [7, 11) is 1.62. The third kappa shape index (κ3) is 4.37. The fourth-order valence-corrected chi connectivity index (χ4v) is 2.90. The van der Waals surface area contributed by atoms with Gasteiger partial charge in [-0.05, 0) is 30.5 Å². The van der Waals surface area contributed by atoms with E-state index in [1.807, 2.05) is 31.2 Å². The third-order valence-electron chi connectivity index (χ3n) is 4.52. The molecular weight excluding hydrogens is 280 g/mol. The Kier molecular flexibility index (Phi) is 5.66. The van der Waals surface area contributed by atoms with Crippen LogP contribution in [-0.4, -0.2) is 30.9 Å². The average molecular weight is 306 g/mol. The highest BCUT2D eigenvalue weighted by Gasteiger charge is 2.35. The molecule has 5 heteroatoms. The molecule has 1 aliphatic rings. The SMILES string of the molecule is COc1cccc(CNC(=O)NCC2(C)CCCCC2O)c1. The van der Waals surface area contributed by atoms with Crippen LogP contribution in [-0.2, 0) is 6.54 Å². The van der Waals surface area contributed by atoms with E-state index in [1.54, 1.807) is 7.11 Å². The number of rotatable bonds is 5. The molecule has 0 saturated heterocycles. The maximum atomic E-state index is 11.9. The molecule has 0 spiro atoms. The highest BCUT2D eigenvalue weighted by atomic mass is 16.5. The van der Waals surface area contributed by atoms with Gasteiger partial charge in [-0.25, -0.2) is 4.79 Å². The average Bonchev–Trinajstić information content (AvgIpc) is 2.54. The van der Waals surface area contributed by atoms with Crippen molar-refractivity contribution in [2.75, 3.05) is 13.7 Å². The van der Waals surface area contributed by atoms with Crippen molar-refractivity contribution in [3.05, 3.63) is 29.8 Å². The van der Waals surface area contributed by atoms with Crippen molar-refractivity contribution in [2.24, 2.45) is 5.41 Å². The van der Waals surface area contributed by atoms with Gasteiger partial charge in [-0.2, -0.15) is 0 Å². The molecule has 1 aromatic rings. The number of benzene rings is 1. The Morgan fingerprint density at radius 2 is 2.23 bits per heavy atom. The second-order valence-electron chi connectivity index (χ2n) is 6.30. The standard InChI is InChI=1S/C17H26N2O3/c1-17(9-4-3-8-15(17)20)12-19-16(21)18-11-13-6-5-7-14(10-13)22-2/h5-7,10,15,20H,3-4,8-9,11-12H2,1-2H3,(H2,18,19,21). The van der Waals surface area contributed by atoms with E-state index in [0.717, 1.165) is 37.0 Å². The highest BCUT2D eigenvalue weighted by Crippen LogP contribution is 2.35. The van der Waals surface area contributed by atoms with Crippen LogP contribution in [0.5, 0.6) is 5.75 Å². The summed E-state index contributed by atoms with van der Waals surface area (Å²) in [6.07, 6.45) is 3.62. The number of methoxy groups -OCH3 is 1. The van der Waals surface area contributed by atoms with Crippen LogP contribution in [0.1, 0.15) is 38.2 Å². The van der Waals surface area contributed by atoms with Crippen molar-refractivity contribution in [3.63, 3.8) is 0 Å². The summed E-state index contributed by atoms with van der Waals surface area (Å²) in [5.41, 5.74) is 0.768. The lowest BCUT2D eigenvalue weighted by molar-refractivity contribution is 0.00309. The van der Waals surface area contributed by atoms with Crippen LogP contribution in [0.15, 0.2) is 24.3 Å². The van der Waals surface area contributed by atoms with Gasteiger partial charge in [0.1, 0.15) is 5.75 Å². The van der Waals surface area contributed by atoms with Crippen LogP contribution in [0.25, 0.3) is 0 Å². The summed E-state index contributed by atoms with van der Waals surface area (Å²) < 4.78 is 5.16. The monoisotopic (exact) mass is 306 g/mol. The number of carbonyl (C=O) groups excluding carboxylic acids is 1. The topological polar surface area (TPSA) is 70.6 Å². The van der Waals surface area contributed by atoms with E-state index < -0.39 is 0 Å². The number of ether oxygens (including phenoxy) is 1. The lowest BCUT2D eigenvalue weighted by atomic mass is 9.73. The molecule has 2 amide bonds. The van der Waals surface area contributed by atoms with E-state index in [2.05, 4.69) is 10.6 Å². The summed E-state index contributed by atoms with van der Waals surface area (Å²) in [4.78, 5) is 11.9. The predicted molar refractivity (Wildman–Crippen MR) is 85.8 cm³/mol. The van der Waals surface area contributed by atoms with Gasteiger partial charge in [-0.3, -0.25) is 0 Å². The number of aliphatic hydroxyl groups is 1. The first kappa shape index (κ1) is 16.6. The summed E-state index contributed by atoms with van der Waals surface area (Å²) in [6.45, 7) is 2.99. The molecule has 5 nitrogen and oxygen atoms in total. The minimum absolute atomic E-state index is 0.207. The van der Waals surface area contributed by atoms with Crippen molar-refractivity contribution in [1.82, 2.24) is 10.6 Å². The minimum Gasteiger partial charge on any atom is -0.497 e. The Balaban J connectivity index is 1.78. The van der Waals surface area contributed by atoms with Gasteiger partial charge >= 0.3 is 6.03 Å². The van der Waals surface area contributed by atoms with Gasteiger partial charge in [-0.1, -0.05) is 31.9 Å². The van der Waals surface area contributed by atoms with Crippen molar-refractivity contribution in [3.8, 4) is 5.75 Å². The van der Waals surface area contributed by atoms with Gasteiger partial charge in [0.05, 0.1) is 13.2 Å². The van der Waals surface area contributed by atoms with E-state index in [9.17, 15) is 9.90 Å². The first-order chi connectivity index (χ1) is 10.5. The van der Waals surface area contributed by atoms with Gasteiger partial charge in [-0.15, -0.1) is 0 Å². The molecule has 1 aromatic carbocycles. The number of hydrogen-bond donors (Lipinski definition) is 3. The van der Waals surface area contributed by atoms with E-state index in [0.29, 0.717) is 13.1 Å². The number of carbonyl (C=O) groups is 1. The first-order valence-corrected chi connectivity index (χ1v) is 7.86. The van der Waals surface area contributed by atoms with Crippen LogP contribution >= 0.6 is 0 Å². The minimum atomic E-state index is -0.333. The molecule has 0 heterocycles. The fraction of sp³-hybridized carbons (Fsp3) is 0.588. The van der Waals surface area contributed by atoms with E-state index in [1.165, 1.54) is 0 Å². The molecule has 0 aliphatic heterocycles. The van der Waals surface area contributed by atoms with Crippen LogP contribution in [0.2, 0.25) is 0 Å². The van der Waals surface area contributed by atoms with Crippen molar-refractivity contribution >= 4 is 6.03 Å². The molecule has 0 aromatic heterocycles. The molecule has 1 aliphatic carbocycles. The summed E-state index contributed by atoms with van der Waals surface area (Å²) >= 11 is 0. The number of aliphatic hydroxyl groups excluding tert-OH is 1. The molecule has 1 fully saturated rings. The number of hydrogen-bond acceptors (Lipinski definition) is 3. The van der Waals surface area contributed by atoms with Crippen molar-refractivity contribution in [1.29, 1.82) is 0 Å². The Bertz CT molecular complexity index is 506. The normalized spacial score (nSPS) is 24.6. The van der Waals surface area contributed by atoms with E-state index in [4.69, 9.17) is 4.74 Å². The maximum Gasteiger partial charge on any atom is 0.315 e. The molecule has 22 heavy (non-hydrogen) atoms. The molecule has 0 bridgehead atoms. The van der Waals surface area contributed by atoms with Crippen LogP contribution in [0, 0.1) is 5.41 Å².